The van der Waals surface area contributed by atoms with E-state index in [-0.39, 0.29) is 5.91 Å². The second-order valence-corrected chi connectivity index (χ2v) is 2.60. The largest absolute Gasteiger partial charge is 0.356 e. The van der Waals surface area contributed by atoms with Gasteiger partial charge in [-0.1, -0.05) is 6.92 Å². The molecule has 1 amide bonds. The van der Waals surface area contributed by atoms with Gasteiger partial charge in [0.2, 0.25) is 5.91 Å². The maximum Gasteiger partial charge on any atom is 0.221 e. The van der Waals surface area contributed by atoms with Crippen LogP contribution in [0.2, 0.25) is 0 Å². The molecule has 1 saturated heterocycles. The third-order valence-corrected chi connectivity index (χ3v) is 1.74. The quantitative estimate of drug-likeness (QED) is 0.564. The SMILES string of the molecule is CCN[C@H]1CCNC(=O)C1. The average molecular weight is 142 g/mol. The van der Waals surface area contributed by atoms with Crippen molar-refractivity contribution in [2.75, 3.05) is 13.1 Å². The number of carbonyl (C=O) groups is 1. The van der Waals surface area contributed by atoms with Gasteiger partial charge in [0.15, 0.2) is 0 Å². The first-order valence-electron chi connectivity index (χ1n) is 3.83. The standard InChI is InChI=1S/C7H14N2O/c1-2-8-6-3-4-9-7(10)5-6/h6,8H,2-5H2,1H3,(H,9,10)/t6-/m0/s1. The summed E-state index contributed by atoms with van der Waals surface area (Å²) in [6.07, 6.45) is 1.72. The Morgan fingerprint density at radius 1 is 1.80 bits per heavy atom. The summed E-state index contributed by atoms with van der Waals surface area (Å²) in [5.41, 5.74) is 0. The van der Waals surface area contributed by atoms with Gasteiger partial charge in [0, 0.05) is 19.0 Å². The van der Waals surface area contributed by atoms with E-state index in [4.69, 9.17) is 0 Å². The number of hydrogen-bond donors (Lipinski definition) is 2. The van der Waals surface area contributed by atoms with Gasteiger partial charge in [-0.25, -0.2) is 0 Å². The van der Waals surface area contributed by atoms with E-state index >= 15 is 0 Å². The van der Waals surface area contributed by atoms with Gasteiger partial charge in [0.25, 0.3) is 0 Å². The lowest BCUT2D eigenvalue weighted by Crippen LogP contribution is -2.43. The summed E-state index contributed by atoms with van der Waals surface area (Å²) in [5.74, 6) is 0.178. The van der Waals surface area contributed by atoms with Crippen LogP contribution in [-0.2, 0) is 4.79 Å². The Bertz CT molecular complexity index is 123. The predicted molar refractivity (Wildman–Crippen MR) is 39.7 cm³/mol. The molecule has 0 aliphatic carbocycles. The number of piperidine rings is 1. The van der Waals surface area contributed by atoms with Crippen LogP contribution in [0.5, 0.6) is 0 Å². The van der Waals surface area contributed by atoms with Gasteiger partial charge in [-0.2, -0.15) is 0 Å². The Hall–Kier alpha value is -0.570. The first kappa shape index (κ1) is 7.54. The second-order valence-electron chi connectivity index (χ2n) is 2.60. The van der Waals surface area contributed by atoms with Gasteiger partial charge in [-0.15, -0.1) is 0 Å². The summed E-state index contributed by atoms with van der Waals surface area (Å²) < 4.78 is 0. The van der Waals surface area contributed by atoms with Crippen molar-refractivity contribution >= 4 is 5.91 Å². The Labute approximate surface area is 61.2 Å². The number of carbonyl (C=O) groups excluding carboxylic acids is 1. The maximum absolute atomic E-state index is 10.8. The molecule has 1 atom stereocenters. The first-order valence-corrected chi connectivity index (χ1v) is 3.83. The highest BCUT2D eigenvalue weighted by atomic mass is 16.1. The summed E-state index contributed by atoms with van der Waals surface area (Å²) in [5, 5.41) is 6.05. The van der Waals surface area contributed by atoms with Gasteiger partial charge in [0.05, 0.1) is 0 Å². The van der Waals surface area contributed by atoms with Crippen molar-refractivity contribution in [1.29, 1.82) is 0 Å². The molecule has 0 spiro atoms. The number of rotatable bonds is 2. The van der Waals surface area contributed by atoms with E-state index in [1.54, 1.807) is 0 Å². The first-order chi connectivity index (χ1) is 4.83. The molecule has 1 rings (SSSR count). The topological polar surface area (TPSA) is 41.1 Å². The fourth-order valence-corrected chi connectivity index (χ4v) is 1.25. The highest BCUT2D eigenvalue weighted by Crippen LogP contribution is 2.01. The van der Waals surface area contributed by atoms with E-state index in [1.807, 2.05) is 0 Å². The smallest absolute Gasteiger partial charge is 0.221 e. The van der Waals surface area contributed by atoms with Crippen LogP contribution in [0.15, 0.2) is 0 Å². The Morgan fingerprint density at radius 2 is 2.60 bits per heavy atom. The Balaban J connectivity index is 2.25. The van der Waals surface area contributed by atoms with Crippen LogP contribution in [0, 0.1) is 0 Å². The molecule has 58 valence electrons. The zero-order valence-electron chi connectivity index (χ0n) is 6.31. The van der Waals surface area contributed by atoms with Gasteiger partial charge < -0.3 is 10.6 Å². The Morgan fingerprint density at radius 3 is 3.20 bits per heavy atom. The summed E-state index contributed by atoms with van der Waals surface area (Å²) in [7, 11) is 0. The van der Waals surface area contributed by atoms with Crippen LogP contribution < -0.4 is 10.6 Å². The highest BCUT2D eigenvalue weighted by molar-refractivity contribution is 5.77. The molecule has 0 aromatic heterocycles. The monoisotopic (exact) mass is 142 g/mol. The van der Waals surface area contributed by atoms with Crippen LogP contribution in [0.25, 0.3) is 0 Å². The molecule has 0 saturated carbocycles. The van der Waals surface area contributed by atoms with Crippen molar-refractivity contribution in [2.45, 2.75) is 25.8 Å². The molecule has 3 nitrogen and oxygen atoms in total. The van der Waals surface area contributed by atoms with Crippen LogP contribution in [0.1, 0.15) is 19.8 Å². The summed E-state index contributed by atoms with van der Waals surface area (Å²) >= 11 is 0. The second kappa shape index (κ2) is 3.56. The van der Waals surface area contributed by atoms with Crippen LogP contribution in [-0.4, -0.2) is 25.0 Å². The molecular weight excluding hydrogens is 128 g/mol. The zero-order chi connectivity index (χ0) is 7.40. The van der Waals surface area contributed by atoms with E-state index in [0.29, 0.717) is 12.5 Å². The fraction of sp³-hybridized carbons (Fsp3) is 0.857. The molecule has 0 bridgehead atoms. The van der Waals surface area contributed by atoms with Crippen molar-refractivity contribution in [3.8, 4) is 0 Å². The minimum atomic E-state index is 0.178. The molecule has 1 heterocycles. The molecule has 3 heteroatoms. The third kappa shape index (κ3) is 1.99. The fourth-order valence-electron chi connectivity index (χ4n) is 1.25. The number of nitrogens with one attached hydrogen (secondary N) is 2. The summed E-state index contributed by atoms with van der Waals surface area (Å²) in [6.45, 7) is 3.85. The minimum Gasteiger partial charge on any atom is -0.356 e. The number of amides is 1. The van der Waals surface area contributed by atoms with Crippen LogP contribution in [0.4, 0.5) is 0 Å². The predicted octanol–water partition coefficient (Wildman–Crippen LogP) is -0.126. The van der Waals surface area contributed by atoms with E-state index in [0.717, 1.165) is 19.5 Å². The van der Waals surface area contributed by atoms with Gasteiger partial charge in [-0.3, -0.25) is 4.79 Å². The lowest BCUT2D eigenvalue weighted by molar-refractivity contribution is -0.122. The molecule has 10 heavy (non-hydrogen) atoms. The summed E-state index contributed by atoms with van der Waals surface area (Å²) in [4.78, 5) is 10.8. The van der Waals surface area contributed by atoms with Gasteiger partial charge in [0.1, 0.15) is 0 Å². The molecule has 0 aromatic carbocycles. The molecular formula is C7H14N2O. The highest BCUT2D eigenvalue weighted by Gasteiger charge is 2.16. The molecule has 1 aliphatic rings. The lowest BCUT2D eigenvalue weighted by Gasteiger charge is -2.22. The van der Waals surface area contributed by atoms with Crippen LogP contribution in [0.3, 0.4) is 0 Å². The number of hydrogen-bond acceptors (Lipinski definition) is 2. The van der Waals surface area contributed by atoms with E-state index in [9.17, 15) is 4.79 Å². The molecule has 0 aromatic rings. The lowest BCUT2D eigenvalue weighted by atomic mass is 10.1. The average Bonchev–Trinajstić information content (AvgIpc) is 1.88. The Kier molecular flexibility index (Phi) is 2.68. The van der Waals surface area contributed by atoms with Crippen LogP contribution >= 0.6 is 0 Å². The van der Waals surface area contributed by atoms with Gasteiger partial charge in [-0.05, 0) is 13.0 Å². The van der Waals surface area contributed by atoms with Gasteiger partial charge >= 0.3 is 0 Å². The van der Waals surface area contributed by atoms with Crippen molar-refractivity contribution in [3.63, 3.8) is 0 Å². The van der Waals surface area contributed by atoms with E-state index in [2.05, 4.69) is 17.6 Å². The molecule has 0 radical (unpaired) electrons. The molecule has 1 aliphatic heterocycles. The van der Waals surface area contributed by atoms with E-state index < -0.39 is 0 Å². The van der Waals surface area contributed by atoms with Crippen molar-refractivity contribution in [1.82, 2.24) is 10.6 Å². The zero-order valence-corrected chi connectivity index (χ0v) is 6.31. The molecule has 2 N–H and O–H groups in total. The normalized spacial score (nSPS) is 26.1. The van der Waals surface area contributed by atoms with E-state index in [1.165, 1.54) is 0 Å². The van der Waals surface area contributed by atoms with Crippen molar-refractivity contribution in [3.05, 3.63) is 0 Å². The van der Waals surface area contributed by atoms with Crippen molar-refractivity contribution in [2.24, 2.45) is 0 Å². The third-order valence-electron chi connectivity index (χ3n) is 1.74. The molecule has 1 fully saturated rings. The minimum absolute atomic E-state index is 0.178. The summed E-state index contributed by atoms with van der Waals surface area (Å²) in [6, 6.07) is 0.416. The maximum atomic E-state index is 10.8. The molecule has 0 unspecified atom stereocenters. The van der Waals surface area contributed by atoms with Crippen molar-refractivity contribution < 1.29 is 4.79 Å².